The summed E-state index contributed by atoms with van der Waals surface area (Å²) in [5.41, 5.74) is 0. The number of halogens is 12. The van der Waals surface area contributed by atoms with E-state index in [0.717, 1.165) is 0 Å². The van der Waals surface area contributed by atoms with Crippen LogP contribution in [-0.2, 0) is 9.53 Å². The summed E-state index contributed by atoms with van der Waals surface area (Å²) in [6.45, 7) is -2.23. The Kier molecular flexibility index (Phi) is 5.54. The van der Waals surface area contributed by atoms with Crippen molar-refractivity contribution in [3.05, 3.63) is 0 Å². The van der Waals surface area contributed by atoms with Gasteiger partial charge in [-0.25, -0.2) is 9.18 Å². The zero-order valence-corrected chi connectivity index (χ0v) is 10.1. The van der Waals surface area contributed by atoms with Crippen LogP contribution in [0.15, 0.2) is 0 Å². The predicted molar refractivity (Wildman–Crippen MR) is 44.3 cm³/mol. The molecule has 0 aliphatic heterocycles. The number of ether oxygens (including phenoxy) is 1. The van der Waals surface area contributed by atoms with Crippen molar-refractivity contribution in [2.75, 3.05) is 6.61 Å². The van der Waals surface area contributed by atoms with Crippen LogP contribution in [-0.4, -0.2) is 53.9 Å². The molecule has 15 heteroatoms. The van der Waals surface area contributed by atoms with E-state index in [4.69, 9.17) is 5.11 Å². The van der Waals surface area contributed by atoms with Gasteiger partial charge in [0.15, 0.2) is 6.61 Å². The molecule has 0 spiro atoms. The van der Waals surface area contributed by atoms with E-state index in [1.54, 1.807) is 0 Å². The Morgan fingerprint density at radius 3 is 1.57 bits per heavy atom. The van der Waals surface area contributed by atoms with E-state index >= 15 is 0 Å². The van der Waals surface area contributed by atoms with E-state index in [9.17, 15) is 57.5 Å². The lowest BCUT2D eigenvalue weighted by atomic mass is 9.99. The number of carboxylic acids is 1. The Morgan fingerprint density at radius 1 is 0.870 bits per heavy atom. The van der Waals surface area contributed by atoms with Crippen LogP contribution in [0.2, 0.25) is 0 Å². The first kappa shape index (κ1) is 21.6. The molecule has 0 aliphatic carbocycles. The van der Waals surface area contributed by atoms with E-state index in [1.807, 2.05) is 0 Å². The molecular formula is C8H4F12O3. The second kappa shape index (κ2) is 5.90. The first-order valence-corrected chi connectivity index (χ1v) is 4.90. The highest BCUT2D eigenvalue weighted by Crippen LogP contribution is 2.56. The van der Waals surface area contributed by atoms with Gasteiger partial charge < -0.3 is 9.84 Å². The number of hydrogen-bond donors (Lipinski definition) is 1. The highest BCUT2D eigenvalue weighted by Gasteiger charge is 2.85. The van der Waals surface area contributed by atoms with Gasteiger partial charge in [-0.3, -0.25) is 0 Å². The van der Waals surface area contributed by atoms with Crippen LogP contribution >= 0.6 is 0 Å². The average Bonchev–Trinajstić information content (AvgIpc) is 2.33. The Bertz CT molecular complexity index is 442. The molecule has 0 bridgehead atoms. The molecule has 3 nitrogen and oxygen atoms in total. The standard InChI is InChI=1S/C8H4F12O3/c9-3(5(12,13)23-1-2(21)22)4(10,11)6(14,15)7(16,17)8(18,19)20/h3H,1H2,(H,21,22). The molecule has 0 saturated heterocycles. The third kappa shape index (κ3) is 3.74. The van der Waals surface area contributed by atoms with Crippen molar-refractivity contribution in [3.63, 3.8) is 0 Å². The zero-order chi connectivity index (χ0) is 19.1. The molecule has 0 saturated carbocycles. The van der Waals surface area contributed by atoms with E-state index in [-0.39, 0.29) is 0 Å². The van der Waals surface area contributed by atoms with Crippen LogP contribution in [0.1, 0.15) is 0 Å². The van der Waals surface area contributed by atoms with Crippen molar-refractivity contribution in [3.8, 4) is 0 Å². The first-order valence-electron chi connectivity index (χ1n) is 4.90. The van der Waals surface area contributed by atoms with Gasteiger partial charge in [0.2, 0.25) is 0 Å². The molecule has 23 heavy (non-hydrogen) atoms. The van der Waals surface area contributed by atoms with Crippen molar-refractivity contribution < 1.29 is 67.3 Å². The lowest BCUT2D eigenvalue weighted by Gasteiger charge is -2.36. The maximum absolute atomic E-state index is 12.8. The fraction of sp³-hybridized carbons (Fsp3) is 0.875. The summed E-state index contributed by atoms with van der Waals surface area (Å²) < 4.78 is 152. The predicted octanol–water partition coefficient (Wildman–Crippen LogP) is 3.49. The lowest BCUT2D eigenvalue weighted by Crippen LogP contribution is -2.66. The third-order valence-corrected chi connectivity index (χ3v) is 2.17. The summed E-state index contributed by atoms with van der Waals surface area (Å²) in [6, 6.07) is 0. The molecule has 1 unspecified atom stereocenters. The van der Waals surface area contributed by atoms with Crippen molar-refractivity contribution in [1.82, 2.24) is 0 Å². The second-order valence-electron chi connectivity index (χ2n) is 3.88. The Morgan fingerprint density at radius 2 is 1.26 bits per heavy atom. The van der Waals surface area contributed by atoms with Crippen molar-refractivity contribution in [2.45, 2.75) is 36.2 Å². The van der Waals surface area contributed by atoms with E-state index < -0.39 is 48.8 Å². The quantitative estimate of drug-likeness (QED) is 0.693. The molecule has 0 fully saturated rings. The minimum atomic E-state index is -7.63. The topological polar surface area (TPSA) is 46.5 Å². The molecule has 0 aliphatic rings. The number of aliphatic carboxylic acids is 1. The monoisotopic (exact) mass is 376 g/mol. The molecule has 138 valence electrons. The van der Waals surface area contributed by atoms with E-state index in [1.165, 1.54) is 0 Å². The SMILES string of the molecule is O=C(O)COC(F)(F)C(F)C(F)(F)C(F)(F)C(F)(F)C(F)(F)F. The van der Waals surface area contributed by atoms with E-state index in [0.29, 0.717) is 0 Å². The molecule has 1 atom stereocenters. The van der Waals surface area contributed by atoms with Gasteiger partial charge in [-0.1, -0.05) is 0 Å². The summed E-state index contributed by atoms with van der Waals surface area (Å²) in [5, 5.41) is 7.87. The number of carbonyl (C=O) groups is 1. The molecule has 0 aromatic rings. The van der Waals surface area contributed by atoms with Gasteiger partial charge in [-0.2, -0.15) is 48.3 Å². The van der Waals surface area contributed by atoms with Crippen LogP contribution in [0.25, 0.3) is 0 Å². The number of carboxylic acid groups (broad SMARTS) is 1. The normalized spacial score (nSPS) is 16.3. The minimum absolute atomic E-state index is 2.23. The number of rotatable bonds is 7. The lowest BCUT2D eigenvalue weighted by molar-refractivity contribution is -0.421. The van der Waals surface area contributed by atoms with Gasteiger partial charge in [-0.15, -0.1) is 0 Å². The first-order chi connectivity index (χ1) is 9.82. The largest absolute Gasteiger partial charge is 0.480 e. The molecule has 0 aromatic carbocycles. The highest BCUT2D eigenvalue weighted by atomic mass is 19.4. The third-order valence-electron chi connectivity index (χ3n) is 2.17. The van der Waals surface area contributed by atoms with Crippen LogP contribution in [0.4, 0.5) is 52.7 Å². The molecule has 0 radical (unpaired) electrons. The van der Waals surface area contributed by atoms with Gasteiger partial charge in [0, 0.05) is 0 Å². The van der Waals surface area contributed by atoms with Crippen molar-refractivity contribution in [2.24, 2.45) is 0 Å². The van der Waals surface area contributed by atoms with Crippen LogP contribution < -0.4 is 0 Å². The fourth-order valence-electron chi connectivity index (χ4n) is 0.989. The summed E-state index contributed by atoms with van der Waals surface area (Å²) in [6.07, 6.45) is -19.1. The minimum Gasteiger partial charge on any atom is -0.480 e. The molecule has 0 amide bonds. The zero-order valence-electron chi connectivity index (χ0n) is 10.1. The van der Waals surface area contributed by atoms with Gasteiger partial charge >= 0.3 is 36.0 Å². The van der Waals surface area contributed by atoms with Crippen molar-refractivity contribution >= 4 is 5.97 Å². The van der Waals surface area contributed by atoms with E-state index in [2.05, 4.69) is 4.74 Å². The number of alkyl halides is 12. The molecule has 0 heterocycles. The van der Waals surface area contributed by atoms with Gasteiger partial charge in [0.25, 0.3) is 6.17 Å². The summed E-state index contributed by atoms with van der Waals surface area (Å²) in [5.74, 6) is -24.8. The Hall–Kier alpha value is -1.41. The summed E-state index contributed by atoms with van der Waals surface area (Å²) >= 11 is 0. The molecule has 0 aromatic heterocycles. The second-order valence-corrected chi connectivity index (χ2v) is 3.88. The maximum atomic E-state index is 12.8. The van der Waals surface area contributed by atoms with Crippen LogP contribution in [0.5, 0.6) is 0 Å². The van der Waals surface area contributed by atoms with Crippen LogP contribution in [0.3, 0.4) is 0 Å². The molecule has 0 rings (SSSR count). The maximum Gasteiger partial charge on any atom is 0.460 e. The summed E-state index contributed by atoms with van der Waals surface area (Å²) in [7, 11) is 0. The van der Waals surface area contributed by atoms with Crippen LogP contribution in [0, 0.1) is 0 Å². The van der Waals surface area contributed by atoms with Gasteiger partial charge in [0.05, 0.1) is 0 Å². The van der Waals surface area contributed by atoms with Gasteiger partial charge in [0.1, 0.15) is 0 Å². The van der Waals surface area contributed by atoms with Crippen molar-refractivity contribution in [1.29, 1.82) is 0 Å². The fourth-order valence-corrected chi connectivity index (χ4v) is 0.989. The molecular weight excluding hydrogens is 372 g/mol. The average molecular weight is 376 g/mol. The smallest absolute Gasteiger partial charge is 0.460 e. The Balaban J connectivity index is 5.72. The summed E-state index contributed by atoms with van der Waals surface area (Å²) in [4.78, 5) is 9.82. The van der Waals surface area contributed by atoms with Gasteiger partial charge in [-0.05, 0) is 0 Å². The Labute approximate surface area is 117 Å². The molecule has 1 N–H and O–H groups in total. The number of hydrogen-bond acceptors (Lipinski definition) is 2. The highest BCUT2D eigenvalue weighted by molar-refractivity contribution is 5.68.